The van der Waals surface area contributed by atoms with E-state index in [1.165, 1.54) is 48.9 Å². The van der Waals surface area contributed by atoms with Crippen molar-refractivity contribution in [2.24, 2.45) is 5.73 Å². The van der Waals surface area contributed by atoms with Crippen LogP contribution in [0.3, 0.4) is 0 Å². The fourth-order valence-corrected chi connectivity index (χ4v) is 2.92. The maximum Gasteiger partial charge on any atom is 0.0414 e. The number of nitrogens with two attached hydrogens (primary N) is 1. The smallest absolute Gasteiger partial charge is 0.0414 e. The van der Waals surface area contributed by atoms with Gasteiger partial charge in [-0.2, -0.15) is 0 Å². The molecule has 1 aliphatic rings. The van der Waals surface area contributed by atoms with E-state index in [0.717, 1.165) is 13.1 Å². The van der Waals surface area contributed by atoms with Gasteiger partial charge in [-0.3, -0.25) is 0 Å². The Labute approximate surface area is 111 Å². The van der Waals surface area contributed by atoms with Crippen LogP contribution >= 0.6 is 0 Å². The predicted octanol–water partition coefficient (Wildman–Crippen LogP) is 3.26. The summed E-state index contributed by atoms with van der Waals surface area (Å²) in [7, 11) is 0. The largest absolute Gasteiger partial charge is 0.372 e. The van der Waals surface area contributed by atoms with E-state index in [4.69, 9.17) is 5.73 Å². The van der Waals surface area contributed by atoms with Gasteiger partial charge in [0.05, 0.1) is 0 Å². The van der Waals surface area contributed by atoms with E-state index in [9.17, 15) is 0 Å². The molecule has 0 aromatic heterocycles. The molecule has 1 aromatic rings. The van der Waals surface area contributed by atoms with Crippen LogP contribution < -0.4 is 10.6 Å². The standard InChI is InChI=1S/C16H26N2/c1-3-5-9-18(4-2)16-11-14-8-6-7-13(14)10-15(16)12-17/h10-11H,3-9,12,17H2,1-2H3. The van der Waals surface area contributed by atoms with Gasteiger partial charge < -0.3 is 10.6 Å². The first kappa shape index (κ1) is 13.4. The third-order valence-electron chi connectivity index (χ3n) is 4.02. The summed E-state index contributed by atoms with van der Waals surface area (Å²) < 4.78 is 0. The van der Waals surface area contributed by atoms with Crippen LogP contribution in [0.1, 0.15) is 49.8 Å². The highest BCUT2D eigenvalue weighted by Gasteiger charge is 2.16. The first-order chi connectivity index (χ1) is 8.80. The van der Waals surface area contributed by atoms with Gasteiger partial charge in [-0.1, -0.05) is 19.4 Å². The molecular formula is C16H26N2. The maximum atomic E-state index is 5.94. The first-order valence-corrected chi connectivity index (χ1v) is 7.39. The second-order valence-electron chi connectivity index (χ2n) is 5.24. The lowest BCUT2D eigenvalue weighted by Gasteiger charge is -2.26. The maximum absolute atomic E-state index is 5.94. The third kappa shape index (κ3) is 2.69. The van der Waals surface area contributed by atoms with Gasteiger partial charge >= 0.3 is 0 Å². The predicted molar refractivity (Wildman–Crippen MR) is 79.2 cm³/mol. The van der Waals surface area contributed by atoms with Crippen LogP contribution in [0, 0.1) is 0 Å². The average molecular weight is 246 g/mol. The van der Waals surface area contributed by atoms with E-state index in [-0.39, 0.29) is 0 Å². The van der Waals surface area contributed by atoms with Gasteiger partial charge in [-0.15, -0.1) is 0 Å². The molecular weight excluding hydrogens is 220 g/mol. The second kappa shape index (κ2) is 6.24. The Morgan fingerprint density at radius 2 is 1.89 bits per heavy atom. The van der Waals surface area contributed by atoms with Crippen molar-refractivity contribution in [1.29, 1.82) is 0 Å². The summed E-state index contributed by atoms with van der Waals surface area (Å²) in [5.41, 5.74) is 11.7. The fourth-order valence-electron chi connectivity index (χ4n) is 2.92. The number of unbranched alkanes of at least 4 members (excludes halogenated alkanes) is 1. The van der Waals surface area contributed by atoms with Gasteiger partial charge in [0.15, 0.2) is 0 Å². The average Bonchev–Trinajstić information content (AvgIpc) is 2.85. The Morgan fingerprint density at radius 1 is 1.17 bits per heavy atom. The molecule has 2 nitrogen and oxygen atoms in total. The molecule has 0 aliphatic heterocycles. The molecule has 0 saturated heterocycles. The molecule has 2 heteroatoms. The quantitative estimate of drug-likeness (QED) is 0.835. The molecule has 2 rings (SSSR count). The van der Waals surface area contributed by atoms with Crippen LogP contribution in [0.5, 0.6) is 0 Å². The molecule has 100 valence electrons. The number of aryl methyl sites for hydroxylation is 2. The highest BCUT2D eigenvalue weighted by atomic mass is 15.1. The van der Waals surface area contributed by atoms with Crippen molar-refractivity contribution in [3.05, 3.63) is 28.8 Å². The summed E-state index contributed by atoms with van der Waals surface area (Å²) in [5, 5.41) is 0. The van der Waals surface area contributed by atoms with Gasteiger partial charge in [0.2, 0.25) is 0 Å². The highest BCUT2D eigenvalue weighted by Crippen LogP contribution is 2.30. The zero-order valence-corrected chi connectivity index (χ0v) is 11.8. The third-order valence-corrected chi connectivity index (χ3v) is 4.02. The van der Waals surface area contributed by atoms with E-state index < -0.39 is 0 Å². The minimum Gasteiger partial charge on any atom is -0.372 e. The zero-order valence-electron chi connectivity index (χ0n) is 11.8. The van der Waals surface area contributed by atoms with Crippen LogP contribution in [-0.4, -0.2) is 13.1 Å². The number of hydrogen-bond acceptors (Lipinski definition) is 2. The highest BCUT2D eigenvalue weighted by molar-refractivity contribution is 5.58. The van der Waals surface area contributed by atoms with Crippen LogP contribution in [-0.2, 0) is 19.4 Å². The first-order valence-electron chi connectivity index (χ1n) is 7.39. The normalized spacial score (nSPS) is 13.7. The van der Waals surface area contributed by atoms with E-state index >= 15 is 0 Å². The van der Waals surface area contributed by atoms with Gasteiger partial charge in [0.25, 0.3) is 0 Å². The van der Waals surface area contributed by atoms with Gasteiger partial charge in [-0.25, -0.2) is 0 Å². The molecule has 18 heavy (non-hydrogen) atoms. The number of hydrogen-bond donors (Lipinski definition) is 1. The lowest BCUT2D eigenvalue weighted by atomic mass is 10.0. The van der Waals surface area contributed by atoms with E-state index in [2.05, 4.69) is 30.9 Å². The summed E-state index contributed by atoms with van der Waals surface area (Å²) >= 11 is 0. The van der Waals surface area contributed by atoms with Crippen molar-refractivity contribution < 1.29 is 0 Å². The van der Waals surface area contributed by atoms with Gasteiger partial charge in [-0.05, 0) is 55.4 Å². The summed E-state index contributed by atoms with van der Waals surface area (Å²) in [6, 6.07) is 4.76. The molecule has 0 bridgehead atoms. The van der Waals surface area contributed by atoms with Crippen molar-refractivity contribution in [2.75, 3.05) is 18.0 Å². The van der Waals surface area contributed by atoms with Crippen LogP contribution in [0.4, 0.5) is 5.69 Å². The SMILES string of the molecule is CCCCN(CC)c1cc2c(cc1CN)CCC2. The molecule has 0 fully saturated rings. The van der Waals surface area contributed by atoms with E-state index in [0.29, 0.717) is 6.54 Å². The van der Waals surface area contributed by atoms with E-state index in [1.807, 2.05) is 0 Å². The summed E-state index contributed by atoms with van der Waals surface area (Å²) in [4.78, 5) is 2.49. The molecule has 0 atom stereocenters. The van der Waals surface area contributed by atoms with Crippen LogP contribution in [0.15, 0.2) is 12.1 Å². The fraction of sp³-hybridized carbons (Fsp3) is 0.625. The summed E-state index contributed by atoms with van der Waals surface area (Å²) in [6.07, 6.45) is 6.31. The van der Waals surface area contributed by atoms with Crippen molar-refractivity contribution in [1.82, 2.24) is 0 Å². The van der Waals surface area contributed by atoms with Gasteiger partial charge in [0, 0.05) is 25.3 Å². The summed E-state index contributed by atoms with van der Waals surface area (Å²) in [6.45, 7) is 7.37. The monoisotopic (exact) mass is 246 g/mol. The lowest BCUT2D eigenvalue weighted by molar-refractivity contribution is 0.728. The molecule has 0 spiro atoms. The number of anilines is 1. The van der Waals surface area contributed by atoms with E-state index in [1.54, 1.807) is 5.56 Å². The van der Waals surface area contributed by atoms with Gasteiger partial charge in [0.1, 0.15) is 0 Å². The number of rotatable bonds is 6. The van der Waals surface area contributed by atoms with Crippen molar-refractivity contribution in [2.45, 2.75) is 52.5 Å². The Kier molecular flexibility index (Phi) is 4.65. The minimum absolute atomic E-state index is 0.658. The molecule has 1 aliphatic carbocycles. The summed E-state index contributed by atoms with van der Waals surface area (Å²) in [5.74, 6) is 0. The second-order valence-corrected chi connectivity index (χ2v) is 5.24. The Hall–Kier alpha value is -1.02. The number of benzene rings is 1. The number of nitrogens with zero attached hydrogens (tertiary/aromatic N) is 1. The lowest BCUT2D eigenvalue weighted by Crippen LogP contribution is -2.25. The molecule has 0 heterocycles. The molecule has 0 unspecified atom stereocenters. The zero-order chi connectivity index (χ0) is 13.0. The topological polar surface area (TPSA) is 29.3 Å². The van der Waals surface area contributed by atoms with Crippen LogP contribution in [0.25, 0.3) is 0 Å². The van der Waals surface area contributed by atoms with Crippen LogP contribution in [0.2, 0.25) is 0 Å². The molecule has 0 amide bonds. The Balaban J connectivity index is 2.29. The molecule has 1 aromatic carbocycles. The Bertz CT molecular complexity index is 398. The molecule has 2 N–H and O–H groups in total. The Morgan fingerprint density at radius 3 is 2.50 bits per heavy atom. The minimum atomic E-state index is 0.658. The molecule has 0 saturated carbocycles. The van der Waals surface area contributed by atoms with Crippen molar-refractivity contribution in [3.63, 3.8) is 0 Å². The van der Waals surface area contributed by atoms with Crippen molar-refractivity contribution >= 4 is 5.69 Å². The number of fused-ring (bicyclic) bond motifs is 1. The molecule has 0 radical (unpaired) electrons. The van der Waals surface area contributed by atoms with Crippen molar-refractivity contribution in [3.8, 4) is 0 Å².